The zero-order valence-electron chi connectivity index (χ0n) is 15.1. The zero-order chi connectivity index (χ0) is 22.2. The Morgan fingerprint density at radius 2 is 2.03 bits per heavy atom. The van der Waals surface area contributed by atoms with Gasteiger partial charge in [-0.05, 0) is 18.6 Å². The van der Waals surface area contributed by atoms with Crippen LogP contribution in [0.3, 0.4) is 0 Å². The van der Waals surface area contributed by atoms with Gasteiger partial charge < -0.3 is 20.3 Å². The average Bonchev–Trinajstić information content (AvgIpc) is 2.95. The van der Waals surface area contributed by atoms with E-state index in [-0.39, 0.29) is 45.7 Å². The molecule has 0 spiro atoms. The number of hydrogen-bond acceptors (Lipinski definition) is 6. The molecule has 0 aliphatic heterocycles. The van der Waals surface area contributed by atoms with Gasteiger partial charge in [0.25, 0.3) is 0 Å². The van der Waals surface area contributed by atoms with Crippen molar-refractivity contribution in [2.24, 2.45) is 5.73 Å². The maximum Gasteiger partial charge on any atom is 0.400 e. The van der Waals surface area contributed by atoms with E-state index >= 15 is 0 Å². The summed E-state index contributed by atoms with van der Waals surface area (Å²) >= 11 is 0.384. The molecule has 0 aliphatic carbocycles. The van der Waals surface area contributed by atoms with E-state index in [0.29, 0.717) is 11.3 Å². The van der Waals surface area contributed by atoms with Gasteiger partial charge in [-0.15, -0.1) is 11.3 Å². The Bertz CT molecular complexity index is 1120. The highest BCUT2D eigenvalue weighted by Crippen LogP contribution is 2.62. The van der Waals surface area contributed by atoms with Crippen molar-refractivity contribution in [3.8, 4) is 5.75 Å². The lowest BCUT2D eigenvalue weighted by atomic mass is 10.1. The second-order valence-electron chi connectivity index (χ2n) is 6.18. The van der Waals surface area contributed by atoms with Crippen LogP contribution >= 0.6 is 18.9 Å². The molecule has 1 aromatic carbocycles. The van der Waals surface area contributed by atoms with Crippen LogP contribution in [0.1, 0.15) is 27.2 Å². The van der Waals surface area contributed by atoms with Crippen molar-refractivity contribution in [3.63, 3.8) is 0 Å². The van der Waals surface area contributed by atoms with Crippen molar-refractivity contribution >= 4 is 50.8 Å². The van der Waals surface area contributed by atoms with Crippen molar-refractivity contribution in [1.82, 2.24) is 0 Å². The first kappa shape index (κ1) is 23.4. The second-order valence-corrected chi connectivity index (χ2v) is 11.1. The molecule has 13 heteroatoms. The molecule has 29 heavy (non-hydrogen) atoms. The van der Waals surface area contributed by atoms with Crippen LogP contribution in [0.2, 0.25) is 0 Å². The minimum Gasteiger partial charge on any atom is -0.492 e. The van der Waals surface area contributed by atoms with Gasteiger partial charge in [-0.2, -0.15) is 8.78 Å². The second kappa shape index (κ2) is 8.11. The fourth-order valence-corrected chi connectivity index (χ4v) is 5.15. The van der Waals surface area contributed by atoms with Gasteiger partial charge in [0, 0.05) is 22.8 Å². The van der Waals surface area contributed by atoms with E-state index in [4.69, 9.17) is 20.3 Å². The van der Waals surface area contributed by atoms with Crippen molar-refractivity contribution < 1.29 is 41.1 Å². The highest BCUT2D eigenvalue weighted by Gasteiger charge is 2.53. The molecular weight excluding hydrogens is 451 g/mol. The Morgan fingerprint density at radius 3 is 2.52 bits per heavy atom. The van der Waals surface area contributed by atoms with Crippen molar-refractivity contribution in [2.45, 2.75) is 12.1 Å². The first-order valence-corrected chi connectivity index (χ1v) is 12.4. The van der Waals surface area contributed by atoms with Crippen molar-refractivity contribution in [2.75, 3.05) is 18.6 Å². The Hall–Kier alpha value is -1.85. The molecular formula is C16H18F2NO7PS2. The van der Waals surface area contributed by atoms with Gasteiger partial charge in [-0.25, -0.2) is 8.42 Å². The van der Waals surface area contributed by atoms with Crippen LogP contribution in [0.5, 0.6) is 5.75 Å². The maximum absolute atomic E-state index is 14.4. The molecule has 0 aliphatic rings. The van der Waals surface area contributed by atoms with E-state index in [0.717, 1.165) is 12.3 Å². The summed E-state index contributed by atoms with van der Waals surface area (Å²) in [5, 5.41) is 0.0579. The summed E-state index contributed by atoms with van der Waals surface area (Å²) < 4.78 is 68.1. The molecule has 160 valence electrons. The van der Waals surface area contributed by atoms with Crippen LogP contribution in [0, 0.1) is 0 Å². The third-order valence-electron chi connectivity index (χ3n) is 3.84. The fraction of sp³-hybridized carbons (Fsp3) is 0.312. The molecule has 0 unspecified atom stereocenters. The third kappa shape index (κ3) is 5.01. The van der Waals surface area contributed by atoms with Crippen LogP contribution in [0.4, 0.5) is 8.78 Å². The highest BCUT2D eigenvalue weighted by molar-refractivity contribution is 7.90. The summed E-state index contributed by atoms with van der Waals surface area (Å²) in [7, 11) is -9.08. The Labute approximate surface area is 169 Å². The minimum atomic E-state index is -5.85. The number of hydrogen-bond donors (Lipinski definition) is 3. The van der Waals surface area contributed by atoms with Crippen molar-refractivity contribution in [1.29, 1.82) is 0 Å². The molecule has 4 N–H and O–H groups in total. The lowest BCUT2D eigenvalue weighted by Gasteiger charge is -2.16. The quantitative estimate of drug-likeness (QED) is 0.378. The van der Waals surface area contributed by atoms with E-state index in [9.17, 15) is 26.6 Å². The smallest absolute Gasteiger partial charge is 0.400 e. The predicted molar refractivity (Wildman–Crippen MR) is 106 cm³/mol. The molecule has 1 aromatic heterocycles. The van der Waals surface area contributed by atoms with Crippen molar-refractivity contribution in [3.05, 3.63) is 34.7 Å². The zero-order valence-corrected chi connectivity index (χ0v) is 17.6. The van der Waals surface area contributed by atoms with E-state index in [1.54, 1.807) is 0 Å². The number of sulfone groups is 1. The molecule has 0 fully saturated rings. The largest absolute Gasteiger partial charge is 0.492 e. The van der Waals surface area contributed by atoms with E-state index < -0.39 is 33.9 Å². The van der Waals surface area contributed by atoms with E-state index in [1.165, 1.54) is 12.1 Å². The monoisotopic (exact) mass is 469 g/mol. The molecule has 2 aromatic rings. The van der Waals surface area contributed by atoms with Crippen LogP contribution in [0.25, 0.3) is 16.2 Å². The van der Waals surface area contributed by atoms with E-state index in [2.05, 4.69) is 6.58 Å². The number of carbonyl (C=O) groups excluding carboxylic acids is 1. The lowest BCUT2D eigenvalue weighted by molar-refractivity contribution is 0.0600. The Morgan fingerprint density at radius 1 is 1.41 bits per heavy atom. The minimum absolute atomic E-state index is 0.0364. The van der Waals surface area contributed by atoms with Crippen LogP contribution in [0.15, 0.2) is 18.7 Å². The van der Waals surface area contributed by atoms with E-state index in [1.807, 2.05) is 0 Å². The maximum atomic E-state index is 14.4. The normalized spacial score (nSPS) is 12.9. The summed E-state index contributed by atoms with van der Waals surface area (Å²) in [6, 6.07) is 2.40. The van der Waals surface area contributed by atoms with Crippen LogP contribution < -0.4 is 10.5 Å². The molecule has 0 radical (unpaired) electrons. The number of alkyl halides is 2. The lowest BCUT2D eigenvalue weighted by Crippen LogP contribution is -2.13. The number of thiophene rings is 1. The van der Waals surface area contributed by atoms with Gasteiger partial charge >= 0.3 is 13.3 Å². The molecule has 2 rings (SSSR count). The number of amides is 1. The molecule has 0 atom stereocenters. The summed E-state index contributed by atoms with van der Waals surface area (Å²) in [6.45, 7) is 3.31. The third-order valence-corrected chi connectivity index (χ3v) is 7.28. The van der Waals surface area contributed by atoms with Gasteiger partial charge in [-0.3, -0.25) is 9.36 Å². The highest BCUT2D eigenvalue weighted by atomic mass is 32.2. The summed E-state index contributed by atoms with van der Waals surface area (Å²) in [5.74, 6) is -1.08. The number of halogens is 2. The van der Waals surface area contributed by atoms with Gasteiger partial charge in [0.1, 0.15) is 15.6 Å². The summed E-state index contributed by atoms with van der Waals surface area (Å²) in [5.41, 5.74) is 0.442. The standard InChI is InChI=1S/C16H18F2NO7PS2/c1-3-10-11-7-9(15(19)20)8-12(26-5-4-6-29(2,24)25)13(11)28-14(10)16(17,18)27(21,22)23/h3,7-8H,1,4-6H2,2H3,(H2,19,20)(H2,21,22,23). The first-order chi connectivity index (χ1) is 13.2. The van der Waals surface area contributed by atoms with Crippen LogP contribution in [-0.2, 0) is 20.1 Å². The van der Waals surface area contributed by atoms with Gasteiger partial charge in [0.05, 0.1) is 21.9 Å². The molecule has 1 amide bonds. The number of benzene rings is 1. The van der Waals surface area contributed by atoms with Gasteiger partial charge in [0.2, 0.25) is 5.91 Å². The Kier molecular flexibility index (Phi) is 6.56. The molecule has 0 saturated heterocycles. The number of ether oxygens (including phenoxy) is 1. The number of nitrogens with two attached hydrogens (primary N) is 1. The number of primary amides is 1. The molecule has 8 nitrogen and oxygen atoms in total. The SMILES string of the molecule is C=Cc1c(C(F)(F)P(=O)(O)O)sc2c(OCCCS(C)(=O)=O)cc(C(N)=O)cc12. The average molecular weight is 469 g/mol. The number of rotatable bonds is 9. The number of fused-ring (bicyclic) bond motifs is 1. The predicted octanol–water partition coefficient (Wildman–Crippen LogP) is 2.68. The van der Waals surface area contributed by atoms with Gasteiger partial charge in [-0.1, -0.05) is 12.7 Å². The topological polar surface area (TPSA) is 144 Å². The molecule has 1 heterocycles. The summed E-state index contributed by atoms with van der Waals surface area (Å²) in [6.07, 6.45) is 2.15. The summed E-state index contributed by atoms with van der Waals surface area (Å²) in [4.78, 5) is 28.8. The van der Waals surface area contributed by atoms with Crippen LogP contribution in [-0.4, -0.2) is 42.7 Å². The molecule has 0 saturated carbocycles. The fourth-order valence-electron chi connectivity index (χ4n) is 2.50. The first-order valence-electron chi connectivity index (χ1n) is 7.96. The Balaban J connectivity index is 2.63. The molecule has 0 bridgehead atoms. The van der Waals surface area contributed by atoms with Gasteiger partial charge in [0.15, 0.2) is 0 Å². The number of carbonyl (C=O) groups is 1.